The molecule has 3 aliphatic heterocycles. The van der Waals surface area contributed by atoms with Gasteiger partial charge in [0.15, 0.2) is 5.82 Å². The predicted molar refractivity (Wildman–Crippen MR) is 125 cm³/mol. The number of benzene rings is 1. The molecule has 5 rings (SSSR count). The normalized spacial score (nSPS) is 20.2. The molecule has 33 heavy (non-hydrogen) atoms. The minimum Gasteiger partial charge on any atom is -0.492 e. The summed E-state index contributed by atoms with van der Waals surface area (Å²) in [6, 6.07) is 10.2. The highest BCUT2D eigenvalue weighted by Gasteiger charge is 2.18. The second-order valence-electron chi connectivity index (χ2n) is 8.06. The maximum atomic E-state index is 5.96. The molecule has 0 saturated carbocycles. The van der Waals surface area contributed by atoms with E-state index in [-0.39, 0.29) is 0 Å². The van der Waals surface area contributed by atoms with Crippen LogP contribution in [0.25, 0.3) is 0 Å². The number of morpholine rings is 2. The summed E-state index contributed by atoms with van der Waals surface area (Å²) in [5.74, 6) is 2.27. The molecule has 0 radical (unpaired) electrons. The van der Waals surface area contributed by atoms with Gasteiger partial charge in [-0.15, -0.1) is 0 Å². The van der Waals surface area contributed by atoms with Crippen LogP contribution in [0, 0.1) is 0 Å². The van der Waals surface area contributed by atoms with Crippen LogP contribution in [0.15, 0.2) is 35.4 Å². The highest BCUT2D eigenvalue weighted by molar-refractivity contribution is 6.04. The van der Waals surface area contributed by atoms with Crippen molar-refractivity contribution in [2.24, 2.45) is 5.10 Å². The van der Waals surface area contributed by atoms with E-state index in [1.54, 1.807) is 0 Å². The second kappa shape index (κ2) is 10.8. The molecule has 4 heterocycles. The zero-order valence-corrected chi connectivity index (χ0v) is 18.7. The molecule has 0 amide bonds. The molecule has 10 nitrogen and oxygen atoms in total. The Bertz CT molecular complexity index is 960. The standard InChI is InChI=1S/C23H30N6O4/c1-2-4-20-18(3-1)19(5-11-32-20)26-27-21-17-22(29-9-14-31-15-10-29)25-23(24-21)33-16-8-28-6-12-30-13-7-28/h1-4,17H,5-16H2,(H,24,25,27)/b26-19+. The molecule has 176 valence electrons. The van der Waals surface area contributed by atoms with E-state index in [0.29, 0.717) is 38.3 Å². The smallest absolute Gasteiger partial charge is 0.320 e. The minimum atomic E-state index is 0.349. The minimum absolute atomic E-state index is 0.349. The molecule has 2 aromatic rings. The summed E-state index contributed by atoms with van der Waals surface area (Å²) in [5, 5.41) is 4.65. The van der Waals surface area contributed by atoms with Gasteiger partial charge in [-0.2, -0.15) is 15.1 Å². The summed E-state index contributed by atoms with van der Waals surface area (Å²) in [6.07, 6.45) is 0.730. The van der Waals surface area contributed by atoms with Gasteiger partial charge in [0.1, 0.15) is 18.2 Å². The third kappa shape index (κ3) is 5.70. The third-order valence-electron chi connectivity index (χ3n) is 5.87. The van der Waals surface area contributed by atoms with Crippen LogP contribution in [0.4, 0.5) is 11.6 Å². The number of rotatable bonds is 7. The molecule has 0 unspecified atom stereocenters. The van der Waals surface area contributed by atoms with Gasteiger partial charge in [-0.05, 0) is 12.1 Å². The SMILES string of the molecule is c1ccc2c(c1)OCC/C2=N\Nc1cc(N2CCOCC2)nc(OCCN2CCOCC2)n1. The Labute approximate surface area is 193 Å². The average molecular weight is 455 g/mol. The Kier molecular flexibility index (Phi) is 7.14. The molecule has 3 aliphatic rings. The van der Waals surface area contributed by atoms with Crippen molar-refractivity contribution in [2.45, 2.75) is 6.42 Å². The number of nitrogens with one attached hydrogen (secondary N) is 1. The average Bonchev–Trinajstić information content (AvgIpc) is 2.88. The van der Waals surface area contributed by atoms with Crippen molar-refractivity contribution in [1.29, 1.82) is 0 Å². The maximum absolute atomic E-state index is 5.96. The van der Waals surface area contributed by atoms with Gasteiger partial charge in [0.2, 0.25) is 0 Å². The van der Waals surface area contributed by atoms with Crippen molar-refractivity contribution in [3.05, 3.63) is 35.9 Å². The molecule has 1 aromatic heterocycles. The van der Waals surface area contributed by atoms with Gasteiger partial charge in [0.25, 0.3) is 0 Å². The quantitative estimate of drug-likeness (QED) is 0.627. The third-order valence-corrected chi connectivity index (χ3v) is 5.87. The summed E-state index contributed by atoms with van der Waals surface area (Å²) < 4.78 is 22.6. The number of anilines is 2. The number of para-hydroxylation sites is 1. The van der Waals surface area contributed by atoms with E-state index < -0.39 is 0 Å². The van der Waals surface area contributed by atoms with Gasteiger partial charge in [-0.3, -0.25) is 10.3 Å². The highest BCUT2D eigenvalue weighted by Crippen LogP contribution is 2.25. The van der Waals surface area contributed by atoms with Crippen LogP contribution in [0.3, 0.4) is 0 Å². The van der Waals surface area contributed by atoms with E-state index >= 15 is 0 Å². The Balaban J connectivity index is 1.31. The first-order valence-corrected chi connectivity index (χ1v) is 11.5. The van der Waals surface area contributed by atoms with E-state index in [4.69, 9.17) is 18.9 Å². The number of nitrogens with zero attached hydrogens (tertiary/aromatic N) is 5. The highest BCUT2D eigenvalue weighted by atomic mass is 16.5. The summed E-state index contributed by atoms with van der Waals surface area (Å²) in [4.78, 5) is 13.7. The molecule has 1 aromatic carbocycles. The molecule has 0 atom stereocenters. The zero-order valence-electron chi connectivity index (χ0n) is 18.7. The van der Waals surface area contributed by atoms with Gasteiger partial charge in [-0.1, -0.05) is 12.1 Å². The van der Waals surface area contributed by atoms with Crippen molar-refractivity contribution >= 4 is 17.3 Å². The number of hydrogen-bond acceptors (Lipinski definition) is 10. The molecule has 0 spiro atoms. The number of aromatic nitrogens is 2. The fourth-order valence-corrected chi connectivity index (χ4v) is 4.04. The fraction of sp³-hybridized carbons (Fsp3) is 0.522. The summed E-state index contributed by atoms with van der Waals surface area (Å²) in [6.45, 7) is 8.25. The van der Waals surface area contributed by atoms with Crippen LogP contribution in [-0.2, 0) is 9.47 Å². The van der Waals surface area contributed by atoms with Gasteiger partial charge >= 0.3 is 6.01 Å². The molecule has 1 N–H and O–H groups in total. The lowest BCUT2D eigenvalue weighted by Crippen LogP contribution is -2.39. The van der Waals surface area contributed by atoms with Gasteiger partial charge < -0.3 is 23.8 Å². The molecule has 10 heteroatoms. The van der Waals surface area contributed by atoms with Crippen molar-refractivity contribution in [2.75, 3.05) is 82.7 Å². The van der Waals surface area contributed by atoms with Crippen LogP contribution >= 0.6 is 0 Å². The maximum Gasteiger partial charge on any atom is 0.320 e. The first-order valence-electron chi connectivity index (χ1n) is 11.5. The van der Waals surface area contributed by atoms with E-state index in [1.165, 1.54) is 0 Å². The van der Waals surface area contributed by atoms with Crippen molar-refractivity contribution < 1.29 is 18.9 Å². The van der Waals surface area contributed by atoms with Crippen LogP contribution in [0.2, 0.25) is 0 Å². The van der Waals surface area contributed by atoms with Crippen LogP contribution in [-0.4, -0.2) is 92.9 Å². The van der Waals surface area contributed by atoms with Crippen molar-refractivity contribution in [3.8, 4) is 11.8 Å². The van der Waals surface area contributed by atoms with Crippen molar-refractivity contribution in [3.63, 3.8) is 0 Å². The fourth-order valence-electron chi connectivity index (χ4n) is 4.04. The summed E-state index contributed by atoms with van der Waals surface area (Å²) in [5.41, 5.74) is 5.07. The monoisotopic (exact) mass is 454 g/mol. The first-order chi connectivity index (χ1) is 16.3. The zero-order chi connectivity index (χ0) is 22.3. The number of ether oxygens (including phenoxy) is 4. The molecule has 0 aliphatic carbocycles. The largest absolute Gasteiger partial charge is 0.492 e. The Morgan fingerprint density at radius 2 is 1.76 bits per heavy atom. The van der Waals surface area contributed by atoms with E-state index in [9.17, 15) is 0 Å². The number of fused-ring (bicyclic) bond motifs is 1. The number of hydrogen-bond donors (Lipinski definition) is 1. The molecule has 2 fully saturated rings. The predicted octanol–water partition coefficient (Wildman–Crippen LogP) is 1.62. The van der Waals surface area contributed by atoms with E-state index in [0.717, 1.165) is 75.2 Å². The van der Waals surface area contributed by atoms with Gasteiger partial charge in [0, 0.05) is 50.8 Å². The lowest BCUT2D eigenvalue weighted by atomic mass is 10.0. The lowest BCUT2D eigenvalue weighted by Gasteiger charge is -2.28. The molecule has 2 saturated heterocycles. The second-order valence-corrected chi connectivity index (χ2v) is 8.06. The van der Waals surface area contributed by atoms with Crippen LogP contribution in [0.1, 0.15) is 12.0 Å². The van der Waals surface area contributed by atoms with E-state index in [1.807, 2.05) is 30.3 Å². The topological polar surface area (TPSA) is 93.6 Å². The lowest BCUT2D eigenvalue weighted by molar-refractivity contribution is 0.0317. The van der Waals surface area contributed by atoms with Crippen LogP contribution < -0.4 is 19.8 Å². The summed E-state index contributed by atoms with van der Waals surface area (Å²) >= 11 is 0. The van der Waals surface area contributed by atoms with Crippen molar-refractivity contribution in [1.82, 2.24) is 14.9 Å². The molecule has 0 bridgehead atoms. The Morgan fingerprint density at radius 3 is 2.61 bits per heavy atom. The van der Waals surface area contributed by atoms with E-state index in [2.05, 4.69) is 30.3 Å². The Hall–Kier alpha value is -2.95. The molecular weight excluding hydrogens is 424 g/mol. The van der Waals surface area contributed by atoms with Gasteiger partial charge in [0.05, 0.1) is 38.7 Å². The molecular formula is C23H30N6O4. The number of hydrazone groups is 1. The Morgan fingerprint density at radius 1 is 0.970 bits per heavy atom. The summed E-state index contributed by atoms with van der Waals surface area (Å²) in [7, 11) is 0. The van der Waals surface area contributed by atoms with Gasteiger partial charge in [-0.25, -0.2) is 0 Å². The van der Waals surface area contributed by atoms with Crippen LogP contribution in [0.5, 0.6) is 11.8 Å². The first kappa shape index (κ1) is 21.9.